The molecule has 110 valence electrons. The van der Waals surface area contributed by atoms with Gasteiger partial charge in [-0.05, 0) is 18.6 Å². The third-order valence-electron chi connectivity index (χ3n) is 2.64. The fourth-order valence-electron chi connectivity index (χ4n) is 1.80. The zero-order valence-electron chi connectivity index (χ0n) is 11.1. The van der Waals surface area contributed by atoms with Crippen molar-refractivity contribution >= 4 is 33.4 Å². The Morgan fingerprint density at radius 1 is 1.50 bits per heavy atom. The molecule has 0 saturated heterocycles. The first-order valence-corrected chi connectivity index (χ1v) is 8.14. The van der Waals surface area contributed by atoms with Crippen LogP contribution in [-0.2, 0) is 16.6 Å². The maximum atomic E-state index is 11.0. The molecule has 0 amide bonds. The topological polar surface area (TPSA) is 102 Å². The van der Waals surface area contributed by atoms with E-state index in [9.17, 15) is 8.42 Å². The Morgan fingerprint density at radius 3 is 2.90 bits per heavy atom. The van der Waals surface area contributed by atoms with Crippen molar-refractivity contribution in [2.45, 2.75) is 13.0 Å². The SMILES string of the molecule is COc1ncnc2c1[nH]c(=S)n2CCCNS(C)(=O)=O. The summed E-state index contributed by atoms with van der Waals surface area (Å²) in [5.41, 5.74) is 1.28. The van der Waals surface area contributed by atoms with E-state index in [0.717, 1.165) is 6.26 Å². The lowest BCUT2D eigenvalue weighted by atomic mass is 10.4. The summed E-state index contributed by atoms with van der Waals surface area (Å²) in [5, 5.41) is 0. The first-order chi connectivity index (χ1) is 9.42. The number of H-pyrrole nitrogens is 1. The molecule has 0 spiro atoms. The summed E-state index contributed by atoms with van der Waals surface area (Å²) >= 11 is 5.23. The van der Waals surface area contributed by atoms with E-state index in [1.54, 1.807) is 4.57 Å². The van der Waals surface area contributed by atoms with Crippen molar-refractivity contribution in [3.63, 3.8) is 0 Å². The van der Waals surface area contributed by atoms with Crippen LogP contribution in [0.4, 0.5) is 0 Å². The number of rotatable bonds is 6. The van der Waals surface area contributed by atoms with Gasteiger partial charge in [0.2, 0.25) is 15.9 Å². The van der Waals surface area contributed by atoms with Crippen LogP contribution in [0.15, 0.2) is 6.33 Å². The molecule has 2 N–H and O–H groups in total. The summed E-state index contributed by atoms with van der Waals surface area (Å²) < 4.78 is 31.8. The molecule has 0 aliphatic carbocycles. The number of nitrogens with one attached hydrogen (secondary N) is 2. The summed E-state index contributed by atoms with van der Waals surface area (Å²) in [5.74, 6) is 0.425. The number of aromatic nitrogens is 4. The van der Waals surface area contributed by atoms with E-state index in [4.69, 9.17) is 17.0 Å². The number of sulfonamides is 1. The highest BCUT2D eigenvalue weighted by Crippen LogP contribution is 2.19. The Bertz CT molecular complexity index is 765. The number of aromatic amines is 1. The molecule has 2 heterocycles. The summed E-state index contributed by atoms with van der Waals surface area (Å²) in [7, 11) is -1.65. The van der Waals surface area contributed by atoms with Crippen LogP contribution in [-0.4, -0.2) is 47.8 Å². The van der Waals surface area contributed by atoms with Gasteiger partial charge in [-0.15, -0.1) is 0 Å². The van der Waals surface area contributed by atoms with Gasteiger partial charge in [-0.1, -0.05) is 0 Å². The highest BCUT2D eigenvalue weighted by molar-refractivity contribution is 7.88. The van der Waals surface area contributed by atoms with Gasteiger partial charge in [0.25, 0.3) is 0 Å². The second-order valence-electron chi connectivity index (χ2n) is 4.18. The minimum atomic E-state index is -3.17. The van der Waals surface area contributed by atoms with Crippen LogP contribution in [0.1, 0.15) is 6.42 Å². The Morgan fingerprint density at radius 2 is 2.25 bits per heavy atom. The number of nitrogens with zero attached hydrogens (tertiary/aromatic N) is 3. The molecule has 0 atom stereocenters. The van der Waals surface area contributed by atoms with Gasteiger partial charge in [-0.25, -0.2) is 18.1 Å². The van der Waals surface area contributed by atoms with Crippen molar-refractivity contribution in [3.05, 3.63) is 11.1 Å². The molecule has 8 nitrogen and oxygen atoms in total. The predicted octanol–water partition coefficient (Wildman–Crippen LogP) is 0.437. The number of aryl methyl sites for hydroxylation is 1. The van der Waals surface area contributed by atoms with Crippen LogP contribution in [0.5, 0.6) is 5.88 Å². The standard InChI is InChI=1S/C10H15N5O3S2/c1-18-9-7-8(11-6-12-9)15(10(19)14-7)5-3-4-13-20(2,16)17/h6,13H,3-5H2,1-2H3,(H,14,19). The molecule has 20 heavy (non-hydrogen) atoms. The van der Waals surface area contributed by atoms with E-state index in [0.29, 0.717) is 41.3 Å². The molecule has 0 bridgehead atoms. The minimum absolute atomic E-state index is 0.343. The first kappa shape index (κ1) is 14.9. The molecule has 2 aromatic rings. The van der Waals surface area contributed by atoms with Gasteiger partial charge >= 0.3 is 0 Å². The monoisotopic (exact) mass is 317 g/mol. The van der Waals surface area contributed by atoms with Gasteiger partial charge in [0.1, 0.15) is 11.8 Å². The summed E-state index contributed by atoms with van der Waals surface area (Å²) in [4.78, 5) is 11.2. The molecule has 0 radical (unpaired) electrons. The van der Waals surface area contributed by atoms with E-state index in [1.807, 2.05) is 0 Å². The maximum absolute atomic E-state index is 11.0. The summed E-state index contributed by atoms with van der Waals surface area (Å²) in [6.07, 6.45) is 3.12. The van der Waals surface area contributed by atoms with E-state index in [1.165, 1.54) is 13.4 Å². The van der Waals surface area contributed by atoms with Gasteiger partial charge < -0.3 is 14.3 Å². The predicted molar refractivity (Wildman–Crippen MR) is 76.7 cm³/mol. The fourth-order valence-corrected chi connectivity index (χ4v) is 2.60. The Balaban J connectivity index is 2.18. The van der Waals surface area contributed by atoms with Crippen LogP contribution in [0.3, 0.4) is 0 Å². The van der Waals surface area contributed by atoms with Crippen molar-refractivity contribution in [1.29, 1.82) is 0 Å². The molecule has 2 aromatic heterocycles. The van der Waals surface area contributed by atoms with Gasteiger partial charge in [0, 0.05) is 13.1 Å². The number of imidazole rings is 1. The molecule has 10 heteroatoms. The average Bonchev–Trinajstić information content (AvgIpc) is 2.69. The number of hydrogen-bond donors (Lipinski definition) is 2. The Kier molecular flexibility index (Phi) is 4.35. The van der Waals surface area contributed by atoms with Gasteiger partial charge in [-0.3, -0.25) is 0 Å². The van der Waals surface area contributed by atoms with E-state index >= 15 is 0 Å². The largest absolute Gasteiger partial charge is 0.479 e. The van der Waals surface area contributed by atoms with Crippen LogP contribution in [0, 0.1) is 4.77 Å². The van der Waals surface area contributed by atoms with Crippen molar-refractivity contribution < 1.29 is 13.2 Å². The van der Waals surface area contributed by atoms with Crippen LogP contribution in [0.25, 0.3) is 11.2 Å². The normalized spacial score (nSPS) is 11.9. The molecule has 0 fully saturated rings. The van der Waals surface area contributed by atoms with Crippen LogP contribution >= 0.6 is 12.2 Å². The second-order valence-corrected chi connectivity index (χ2v) is 6.40. The quantitative estimate of drug-likeness (QED) is 0.592. The number of hydrogen-bond acceptors (Lipinski definition) is 6. The van der Waals surface area contributed by atoms with Crippen molar-refractivity contribution in [2.75, 3.05) is 19.9 Å². The van der Waals surface area contributed by atoms with Crippen LogP contribution < -0.4 is 9.46 Å². The molecule has 0 aromatic carbocycles. The first-order valence-electron chi connectivity index (χ1n) is 5.84. The van der Waals surface area contributed by atoms with Gasteiger partial charge in [0.15, 0.2) is 10.4 Å². The maximum Gasteiger partial charge on any atom is 0.242 e. The van der Waals surface area contributed by atoms with Crippen molar-refractivity contribution in [1.82, 2.24) is 24.2 Å². The highest BCUT2D eigenvalue weighted by atomic mass is 32.2. The molecule has 0 aliphatic rings. The zero-order chi connectivity index (χ0) is 14.8. The summed E-state index contributed by atoms with van der Waals surface area (Å²) in [6, 6.07) is 0. The second kappa shape index (κ2) is 5.85. The smallest absolute Gasteiger partial charge is 0.242 e. The lowest BCUT2D eigenvalue weighted by molar-refractivity contribution is 0.401. The Hall–Kier alpha value is -1.52. The molecule has 0 unspecified atom stereocenters. The number of ether oxygens (including phenoxy) is 1. The number of methoxy groups -OCH3 is 1. The molecule has 2 rings (SSSR count). The highest BCUT2D eigenvalue weighted by Gasteiger charge is 2.11. The Labute approximate surface area is 121 Å². The zero-order valence-corrected chi connectivity index (χ0v) is 12.7. The number of fused-ring (bicyclic) bond motifs is 1. The van der Waals surface area contributed by atoms with Gasteiger partial charge in [0.05, 0.1) is 13.4 Å². The van der Waals surface area contributed by atoms with E-state index in [-0.39, 0.29) is 0 Å². The lowest BCUT2D eigenvalue weighted by Gasteiger charge is -2.05. The minimum Gasteiger partial charge on any atom is -0.479 e. The van der Waals surface area contributed by atoms with E-state index in [2.05, 4.69) is 19.7 Å². The fraction of sp³-hybridized carbons (Fsp3) is 0.500. The van der Waals surface area contributed by atoms with Crippen molar-refractivity contribution in [2.24, 2.45) is 0 Å². The molecule has 0 saturated carbocycles. The third kappa shape index (κ3) is 3.32. The average molecular weight is 317 g/mol. The van der Waals surface area contributed by atoms with Crippen LogP contribution in [0.2, 0.25) is 0 Å². The lowest BCUT2D eigenvalue weighted by Crippen LogP contribution is -2.23. The summed E-state index contributed by atoms with van der Waals surface area (Å²) in [6.45, 7) is 0.886. The van der Waals surface area contributed by atoms with E-state index < -0.39 is 10.0 Å². The molecular formula is C10H15N5O3S2. The van der Waals surface area contributed by atoms with Crippen molar-refractivity contribution in [3.8, 4) is 5.88 Å². The third-order valence-corrected chi connectivity index (χ3v) is 3.69. The van der Waals surface area contributed by atoms with Gasteiger partial charge in [-0.2, -0.15) is 4.98 Å². The molecule has 0 aliphatic heterocycles. The molecular weight excluding hydrogens is 302 g/mol.